The second-order valence-corrected chi connectivity index (χ2v) is 3.79. The van der Waals surface area contributed by atoms with E-state index in [1.165, 1.54) is 19.3 Å². The van der Waals surface area contributed by atoms with E-state index in [9.17, 15) is 0 Å². The van der Waals surface area contributed by atoms with Gasteiger partial charge in [-0.2, -0.15) is 0 Å². The van der Waals surface area contributed by atoms with Gasteiger partial charge in [0.05, 0.1) is 5.66 Å². The maximum absolute atomic E-state index is 5.85. The van der Waals surface area contributed by atoms with Gasteiger partial charge in [-0.05, 0) is 18.8 Å². The fourth-order valence-electron chi connectivity index (χ4n) is 1.80. The monoisotopic (exact) mass is 142 g/mol. The van der Waals surface area contributed by atoms with Gasteiger partial charge in [0.1, 0.15) is 0 Å². The SMILES string of the molecule is CC1CCCCC(N)(N)C1. The van der Waals surface area contributed by atoms with Crippen LogP contribution in [-0.2, 0) is 0 Å². The van der Waals surface area contributed by atoms with Crippen molar-refractivity contribution in [2.75, 3.05) is 0 Å². The lowest BCUT2D eigenvalue weighted by Crippen LogP contribution is -2.49. The van der Waals surface area contributed by atoms with Crippen LogP contribution in [0.1, 0.15) is 39.0 Å². The molecule has 4 N–H and O–H groups in total. The van der Waals surface area contributed by atoms with Crippen molar-refractivity contribution in [3.8, 4) is 0 Å². The van der Waals surface area contributed by atoms with Gasteiger partial charge >= 0.3 is 0 Å². The molecule has 1 fully saturated rings. The molecule has 0 radical (unpaired) electrons. The van der Waals surface area contributed by atoms with Crippen molar-refractivity contribution >= 4 is 0 Å². The molecule has 1 unspecified atom stereocenters. The summed E-state index contributed by atoms with van der Waals surface area (Å²) < 4.78 is 0. The topological polar surface area (TPSA) is 52.0 Å². The lowest BCUT2D eigenvalue weighted by atomic mass is 9.96. The molecule has 0 aromatic carbocycles. The highest BCUT2D eigenvalue weighted by molar-refractivity contribution is 4.81. The molecule has 0 heterocycles. The molecule has 0 aromatic rings. The quantitative estimate of drug-likeness (QED) is 0.394. The van der Waals surface area contributed by atoms with Crippen molar-refractivity contribution in [2.45, 2.75) is 44.7 Å². The lowest BCUT2D eigenvalue weighted by molar-refractivity contribution is 0.340. The van der Waals surface area contributed by atoms with E-state index >= 15 is 0 Å². The Morgan fingerprint density at radius 3 is 2.70 bits per heavy atom. The predicted octanol–water partition coefficient (Wildman–Crippen LogP) is 1.20. The largest absolute Gasteiger partial charge is 0.313 e. The van der Waals surface area contributed by atoms with Crippen LogP contribution in [0, 0.1) is 5.92 Å². The molecule has 0 spiro atoms. The Labute approximate surface area is 63.0 Å². The fourth-order valence-corrected chi connectivity index (χ4v) is 1.80. The highest BCUT2D eigenvalue weighted by Gasteiger charge is 2.24. The van der Waals surface area contributed by atoms with E-state index in [2.05, 4.69) is 6.92 Å². The van der Waals surface area contributed by atoms with Crippen LogP contribution < -0.4 is 11.5 Å². The summed E-state index contributed by atoms with van der Waals surface area (Å²) in [6, 6.07) is 0. The smallest absolute Gasteiger partial charge is 0.0639 e. The van der Waals surface area contributed by atoms with E-state index in [0.717, 1.165) is 18.8 Å². The first-order valence-corrected chi connectivity index (χ1v) is 4.18. The summed E-state index contributed by atoms with van der Waals surface area (Å²) >= 11 is 0. The van der Waals surface area contributed by atoms with Gasteiger partial charge in [0.2, 0.25) is 0 Å². The average molecular weight is 142 g/mol. The summed E-state index contributed by atoms with van der Waals surface area (Å²) in [5.41, 5.74) is 11.3. The van der Waals surface area contributed by atoms with Crippen LogP contribution >= 0.6 is 0 Å². The average Bonchev–Trinajstić information content (AvgIpc) is 1.90. The lowest BCUT2D eigenvalue weighted by Gasteiger charge is -2.24. The molecule has 0 amide bonds. The van der Waals surface area contributed by atoms with Crippen LogP contribution in [0.2, 0.25) is 0 Å². The Hall–Kier alpha value is -0.0800. The van der Waals surface area contributed by atoms with E-state index in [0.29, 0.717) is 0 Å². The van der Waals surface area contributed by atoms with Gasteiger partial charge in [-0.15, -0.1) is 0 Å². The molecule has 2 heteroatoms. The van der Waals surface area contributed by atoms with Crippen molar-refractivity contribution in [1.82, 2.24) is 0 Å². The Morgan fingerprint density at radius 1 is 1.30 bits per heavy atom. The third-order valence-corrected chi connectivity index (χ3v) is 2.32. The minimum atomic E-state index is -0.365. The first-order valence-electron chi connectivity index (χ1n) is 4.18. The molecule has 10 heavy (non-hydrogen) atoms. The molecule has 0 bridgehead atoms. The molecule has 60 valence electrons. The molecule has 0 aliphatic heterocycles. The molecule has 1 aliphatic rings. The van der Waals surface area contributed by atoms with Crippen LogP contribution in [0.4, 0.5) is 0 Å². The third kappa shape index (κ3) is 2.27. The summed E-state index contributed by atoms with van der Waals surface area (Å²) in [5, 5.41) is 0. The zero-order valence-electron chi connectivity index (χ0n) is 6.77. The van der Waals surface area contributed by atoms with E-state index < -0.39 is 0 Å². The summed E-state index contributed by atoms with van der Waals surface area (Å²) in [5.74, 6) is 0.720. The van der Waals surface area contributed by atoms with Crippen molar-refractivity contribution < 1.29 is 0 Å². The minimum Gasteiger partial charge on any atom is -0.313 e. The van der Waals surface area contributed by atoms with Gasteiger partial charge in [0.15, 0.2) is 0 Å². The van der Waals surface area contributed by atoms with E-state index in [1.807, 2.05) is 0 Å². The number of hydrogen-bond acceptors (Lipinski definition) is 2. The standard InChI is InChI=1S/C8H18N2/c1-7-4-2-3-5-8(9,10)6-7/h7H,2-6,9-10H2,1H3. The van der Waals surface area contributed by atoms with Gasteiger partial charge in [0.25, 0.3) is 0 Å². The summed E-state index contributed by atoms with van der Waals surface area (Å²) in [6.07, 6.45) is 5.80. The van der Waals surface area contributed by atoms with E-state index in [4.69, 9.17) is 11.5 Å². The first kappa shape index (κ1) is 8.02. The highest BCUT2D eigenvalue weighted by Crippen LogP contribution is 2.25. The summed E-state index contributed by atoms with van der Waals surface area (Å²) in [4.78, 5) is 0. The van der Waals surface area contributed by atoms with Crippen molar-refractivity contribution in [1.29, 1.82) is 0 Å². The van der Waals surface area contributed by atoms with Crippen LogP contribution in [0.25, 0.3) is 0 Å². The van der Waals surface area contributed by atoms with Crippen LogP contribution in [0.15, 0.2) is 0 Å². The second kappa shape index (κ2) is 2.89. The minimum absolute atomic E-state index is 0.365. The number of nitrogens with two attached hydrogens (primary N) is 2. The van der Waals surface area contributed by atoms with Gasteiger partial charge in [-0.25, -0.2) is 0 Å². The molecule has 0 aromatic heterocycles. The molecular formula is C8H18N2. The Bertz CT molecular complexity index is 110. The first-order chi connectivity index (χ1) is 4.60. The fraction of sp³-hybridized carbons (Fsp3) is 1.00. The molecule has 2 nitrogen and oxygen atoms in total. The molecule has 1 atom stereocenters. The normalized spacial score (nSPS) is 33.3. The van der Waals surface area contributed by atoms with Gasteiger partial charge in [0, 0.05) is 0 Å². The van der Waals surface area contributed by atoms with E-state index in [1.54, 1.807) is 0 Å². The Balaban J connectivity index is 2.46. The third-order valence-electron chi connectivity index (χ3n) is 2.32. The van der Waals surface area contributed by atoms with Crippen molar-refractivity contribution in [3.05, 3.63) is 0 Å². The highest BCUT2D eigenvalue weighted by atomic mass is 14.9. The molecule has 1 saturated carbocycles. The Kier molecular flexibility index (Phi) is 2.32. The van der Waals surface area contributed by atoms with Gasteiger partial charge in [-0.3, -0.25) is 0 Å². The van der Waals surface area contributed by atoms with Gasteiger partial charge in [-0.1, -0.05) is 26.2 Å². The van der Waals surface area contributed by atoms with Crippen molar-refractivity contribution in [2.24, 2.45) is 17.4 Å². The van der Waals surface area contributed by atoms with Crippen LogP contribution in [-0.4, -0.2) is 5.66 Å². The predicted molar refractivity (Wildman–Crippen MR) is 43.4 cm³/mol. The number of rotatable bonds is 0. The van der Waals surface area contributed by atoms with Crippen molar-refractivity contribution in [3.63, 3.8) is 0 Å². The zero-order valence-corrected chi connectivity index (χ0v) is 6.77. The van der Waals surface area contributed by atoms with E-state index in [-0.39, 0.29) is 5.66 Å². The number of hydrogen-bond donors (Lipinski definition) is 2. The maximum Gasteiger partial charge on any atom is 0.0639 e. The summed E-state index contributed by atoms with van der Waals surface area (Å²) in [6.45, 7) is 2.24. The van der Waals surface area contributed by atoms with Gasteiger partial charge < -0.3 is 11.5 Å². The van der Waals surface area contributed by atoms with Crippen LogP contribution in [0.5, 0.6) is 0 Å². The zero-order chi connectivity index (χ0) is 7.61. The summed E-state index contributed by atoms with van der Waals surface area (Å²) in [7, 11) is 0. The second-order valence-electron chi connectivity index (χ2n) is 3.79. The maximum atomic E-state index is 5.85. The molecule has 1 aliphatic carbocycles. The van der Waals surface area contributed by atoms with Crippen LogP contribution in [0.3, 0.4) is 0 Å². The molecule has 0 saturated heterocycles. The molecule has 1 rings (SSSR count). The molecular weight excluding hydrogens is 124 g/mol. The Morgan fingerprint density at radius 2 is 2.00 bits per heavy atom.